The van der Waals surface area contributed by atoms with E-state index in [1.807, 2.05) is 27.7 Å². The van der Waals surface area contributed by atoms with Crippen molar-refractivity contribution >= 4 is 7.85 Å². The van der Waals surface area contributed by atoms with Crippen LogP contribution >= 0.6 is 0 Å². The van der Waals surface area contributed by atoms with Gasteiger partial charge >= 0.3 is 0 Å². The topological polar surface area (TPSA) is 47.9 Å². The fraction of sp³-hybridized carbons (Fsp3) is 1.00. The van der Waals surface area contributed by atoms with Gasteiger partial charge in [0.2, 0.25) is 0 Å². The highest BCUT2D eigenvalue weighted by Crippen LogP contribution is 2.23. The van der Waals surface area contributed by atoms with Crippen molar-refractivity contribution in [2.24, 2.45) is 0 Å². The van der Waals surface area contributed by atoms with Crippen molar-refractivity contribution in [1.29, 1.82) is 0 Å². The molecule has 1 aliphatic heterocycles. The molecule has 92 valence electrons. The van der Waals surface area contributed by atoms with Crippen LogP contribution in [-0.4, -0.2) is 56.1 Å². The van der Waals surface area contributed by atoms with Gasteiger partial charge in [-0.25, -0.2) is 0 Å². The third kappa shape index (κ3) is 3.73. The largest absolute Gasteiger partial charge is 0.388 e. The van der Waals surface area contributed by atoms with Gasteiger partial charge in [0.25, 0.3) is 0 Å². The lowest BCUT2D eigenvalue weighted by Gasteiger charge is -2.21. The molecular formula is C11H21BO4. The number of aliphatic hydroxyl groups excluding tert-OH is 1. The molecule has 0 amide bonds. The van der Waals surface area contributed by atoms with Gasteiger partial charge in [0.1, 0.15) is 26.2 Å². The third-order valence-electron chi connectivity index (χ3n) is 2.40. The van der Waals surface area contributed by atoms with E-state index in [0.29, 0.717) is 6.61 Å². The summed E-state index contributed by atoms with van der Waals surface area (Å²) in [6, 6.07) is -0.585. The van der Waals surface area contributed by atoms with E-state index in [9.17, 15) is 5.11 Å². The molecule has 0 aromatic rings. The molecule has 1 rings (SSSR count). The third-order valence-corrected chi connectivity index (χ3v) is 2.40. The van der Waals surface area contributed by atoms with Crippen molar-refractivity contribution in [3.8, 4) is 0 Å². The van der Waals surface area contributed by atoms with Crippen molar-refractivity contribution in [3.63, 3.8) is 0 Å². The zero-order chi connectivity index (χ0) is 12.3. The minimum absolute atomic E-state index is 0.0130. The first-order valence-electron chi connectivity index (χ1n) is 5.78. The Morgan fingerprint density at radius 1 is 1.25 bits per heavy atom. The standard InChI is InChI=1S/C11H21BO4/c1-6(2)14-5-8-9(13)10(11(12)16-8)15-7(3)4/h6-11,13H,5H2,1-4H3/t8-,9?,10+,11-/m1/s1. The number of rotatable bonds is 5. The Morgan fingerprint density at radius 2 is 1.88 bits per heavy atom. The van der Waals surface area contributed by atoms with Gasteiger partial charge in [-0.15, -0.1) is 0 Å². The second-order valence-corrected chi connectivity index (χ2v) is 4.66. The molecule has 0 aromatic heterocycles. The number of ether oxygens (including phenoxy) is 3. The van der Waals surface area contributed by atoms with Gasteiger partial charge in [0.15, 0.2) is 0 Å². The van der Waals surface area contributed by atoms with Crippen molar-refractivity contribution in [3.05, 3.63) is 0 Å². The lowest BCUT2D eigenvalue weighted by Crippen LogP contribution is -2.38. The van der Waals surface area contributed by atoms with Gasteiger partial charge in [-0.2, -0.15) is 0 Å². The fourth-order valence-corrected chi connectivity index (χ4v) is 1.66. The number of hydrogen-bond acceptors (Lipinski definition) is 4. The summed E-state index contributed by atoms with van der Waals surface area (Å²) in [4.78, 5) is 0. The first kappa shape index (κ1) is 14.0. The van der Waals surface area contributed by atoms with Crippen LogP contribution in [-0.2, 0) is 14.2 Å². The van der Waals surface area contributed by atoms with Crippen molar-refractivity contribution in [2.45, 2.75) is 64.2 Å². The Morgan fingerprint density at radius 3 is 2.38 bits per heavy atom. The molecule has 16 heavy (non-hydrogen) atoms. The summed E-state index contributed by atoms with van der Waals surface area (Å²) < 4.78 is 16.3. The van der Waals surface area contributed by atoms with Crippen LogP contribution in [0.3, 0.4) is 0 Å². The van der Waals surface area contributed by atoms with Crippen LogP contribution in [0.15, 0.2) is 0 Å². The molecule has 4 atom stereocenters. The fourth-order valence-electron chi connectivity index (χ4n) is 1.66. The monoisotopic (exact) mass is 228 g/mol. The minimum atomic E-state index is -0.726. The van der Waals surface area contributed by atoms with E-state index in [4.69, 9.17) is 22.1 Å². The SMILES string of the molecule is [B][C@@H]1O[C@H](COC(C)C)C(O)[C@@H]1OC(C)C. The highest BCUT2D eigenvalue weighted by molar-refractivity contribution is 6.11. The summed E-state index contributed by atoms with van der Waals surface area (Å²) in [5, 5.41) is 9.97. The Hall–Kier alpha value is -0.0951. The molecular weight excluding hydrogens is 207 g/mol. The molecule has 0 bridgehead atoms. The van der Waals surface area contributed by atoms with E-state index in [2.05, 4.69) is 0 Å². The zero-order valence-corrected chi connectivity index (χ0v) is 10.4. The molecule has 1 fully saturated rings. The second-order valence-electron chi connectivity index (χ2n) is 4.66. The number of hydrogen-bond donors (Lipinski definition) is 1. The van der Waals surface area contributed by atoms with Crippen LogP contribution in [0, 0.1) is 0 Å². The minimum Gasteiger partial charge on any atom is -0.388 e. The average Bonchev–Trinajstić information content (AvgIpc) is 2.42. The summed E-state index contributed by atoms with van der Waals surface area (Å²) >= 11 is 0. The summed E-state index contributed by atoms with van der Waals surface area (Å²) in [5.74, 6) is 0. The zero-order valence-electron chi connectivity index (χ0n) is 10.4. The Kier molecular flexibility index (Phi) is 5.24. The summed E-state index contributed by atoms with van der Waals surface area (Å²) in [5.41, 5.74) is 0. The molecule has 1 N–H and O–H groups in total. The van der Waals surface area contributed by atoms with Gasteiger partial charge in [0.05, 0.1) is 18.8 Å². The van der Waals surface area contributed by atoms with E-state index in [-0.39, 0.29) is 12.2 Å². The Balaban J connectivity index is 2.46. The first-order chi connectivity index (χ1) is 7.41. The predicted octanol–water partition coefficient (Wildman–Crippen LogP) is 0.459. The van der Waals surface area contributed by atoms with Gasteiger partial charge < -0.3 is 19.3 Å². The van der Waals surface area contributed by atoms with Crippen LogP contribution in [0.5, 0.6) is 0 Å². The molecule has 4 nitrogen and oxygen atoms in total. The summed E-state index contributed by atoms with van der Waals surface area (Å²) in [7, 11) is 5.75. The molecule has 0 aliphatic carbocycles. The predicted molar refractivity (Wildman–Crippen MR) is 61.5 cm³/mol. The van der Waals surface area contributed by atoms with Crippen LogP contribution in [0.2, 0.25) is 0 Å². The molecule has 0 aromatic carbocycles. The molecule has 1 aliphatic rings. The highest BCUT2D eigenvalue weighted by Gasteiger charge is 2.42. The maximum Gasteiger partial charge on any atom is 0.112 e. The number of aliphatic hydroxyl groups is 1. The normalized spacial score (nSPS) is 35.2. The van der Waals surface area contributed by atoms with Crippen molar-refractivity contribution in [1.82, 2.24) is 0 Å². The van der Waals surface area contributed by atoms with E-state index in [0.717, 1.165) is 0 Å². The van der Waals surface area contributed by atoms with E-state index in [1.54, 1.807) is 0 Å². The second kappa shape index (κ2) is 6.01. The van der Waals surface area contributed by atoms with Crippen molar-refractivity contribution < 1.29 is 19.3 Å². The highest BCUT2D eigenvalue weighted by atomic mass is 16.6. The maximum atomic E-state index is 9.97. The Labute approximate surface area is 98.7 Å². The molecule has 5 heteroatoms. The Bertz CT molecular complexity index is 210. The van der Waals surface area contributed by atoms with Crippen LogP contribution < -0.4 is 0 Å². The average molecular weight is 228 g/mol. The summed E-state index contributed by atoms with van der Waals surface area (Å²) in [6.07, 6.45) is -1.48. The molecule has 2 radical (unpaired) electrons. The smallest absolute Gasteiger partial charge is 0.112 e. The molecule has 1 heterocycles. The van der Waals surface area contributed by atoms with Gasteiger partial charge in [-0.05, 0) is 27.7 Å². The van der Waals surface area contributed by atoms with Crippen LogP contribution in [0.4, 0.5) is 0 Å². The molecule has 1 unspecified atom stereocenters. The lowest BCUT2D eigenvalue weighted by atomic mass is 9.93. The lowest BCUT2D eigenvalue weighted by molar-refractivity contribution is -0.0629. The molecule has 1 saturated heterocycles. The van der Waals surface area contributed by atoms with Gasteiger partial charge in [-0.3, -0.25) is 0 Å². The summed E-state index contributed by atoms with van der Waals surface area (Å²) in [6.45, 7) is 8.01. The quantitative estimate of drug-likeness (QED) is 0.694. The van der Waals surface area contributed by atoms with E-state index >= 15 is 0 Å². The van der Waals surface area contributed by atoms with Crippen LogP contribution in [0.25, 0.3) is 0 Å². The van der Waals surface area contributed by atoms with Crippen LogP contribution in [0.1, 0.15) is 27.7 Å². The van der Waals surface area contributed by atoms with Gasteiger partial charge in [0, 0.05) is 6.00 Å². The molecule has 0 spiro atoms. The van der Waals surface area contributed by atoms with E-state index < -0.39 is 24.3 Å². The van der Waals surface area contributed by atoms with E-state index in [1.165, 1.54) is 0 Å². The maximum absolute atomic E-state index is 9.97. The molecule has 0 saturated carbocycles. The first-order valence-corrected chi connectivity index (χ1v) is 5.78. The van der Waals surface area contributed by atoms with Gasteiger partial charge in [-0.1, -0.05) is 0 Å². The van der Waals surface area contributed by atoms with Crippen molar-refractivity contribution in [2.75, 3.05) is 6.61 Å².